The van der Waals surface area contributed by atoms with E-state index in [1.165, 1.54) is 9.80 Å². The maximum atomic E-state index is 15.1. The first-order valence-corrected chi connectivity index (χ1v) is 15.6. The van der Waals surface area contributed by atoms with E-state index < -0.39 is 40.9 Å². The number of hydrogen-bond acceptors (Lipinski definition) is 5. The lowest BCUT2D eigenvalue weighted by molar-refractivity contribution is -0.140. The molecule has 1 N–H and O–H groups in total. The fraction of sp³-hybridized carbons (Fsp3) is 0.333. The Balaban J connectivity index is 1.51. The number of allylic oxidation sites excluding steroid dienone is 2. The van der Waals surface area contributed by atoms with Crippen LogP contribution >= 0.6 is 11.6 Å². The fourth-order valence-electron chi connectivity index (χ4n) is 8.51. The van der Waals surface area contributed by atoms with Crippen molar-refractivity contribution < 1.29 is 24.3 Å². The quantitative estimate of drug-likeness (QED) is 0.286. The normalized spacial score (nSPS) is 29.4. The number of halogens is 1. The van der Waals surface area contributed by atoms with Crippen LogP contribution in [0.5, 0.6) is 5.75 Å². The largest absolute Gasteiger partial charge is 0.507 e. The third-order valence-corrected chi connectivity index (χ3v) is 10.5. The predicted octanol–water partition coefficient (Wildman–Crippen LogP) is 5.93. The van der Waals surface area contributed by atoms with E-state index >= 15 is 4.79 Å². The van der Waals surface area contributed by atoms with E-state index in [4.69, 9.17) is 11.6 Å². The van der Waals surface area contributed by atoms with Crippen molar-refractivity contribution in [3.63, 3.8) is 0 Å². The van der Waals surface area contributed by atoms with Gasteiger partial charge in [-0.15, -0.1) is 0 Å². The molecule has 3 fully saturated rings. The summed E-state index contributed by atoms with van der Waals surface area (Å²) in [4.78, 5) is 59.8. The van der Waals surface area contributed by atoms with Gasteiger partial charge >= 0.3 is 0 Å². The number of imide groups is 2. The molecule has 8 heteroatoms. The van der Waals surface area contributed by atoms with E-state index in [9.17, 15) is 19.5 Å². The van der Waals surface area contributed by atoms with Gasteiger partial charge in [0.1, 0.15) is 5.75 Å². The monoisotopic (exact) mass is 608 g/mol. The maximum absolute atomic E-state index is 15.1. The third-order valence-electron chi connectivity index (χ3n) is 10.3. The van der Waals surface area contributed by atoms with E-state index in [-0.39, 0.29) is 29.9 Å². The van der Waals surface area contributed by atoms with Crippen LogP contribution in [0.4, 0.5) is 5.69 Å². The van der Waals surface area contributed by atoms with Gasteiger partial charge in [0.15, 0.2) is 0 Å². The van der Waals surface area contributed by atoms with Crippen LogP contribution in [0.2, 0.25) is 5.02 Å². The van der Waals surface area contributed by atoms with Crippen LogP contribution in [0.25, 0.3) is 0 Å². The van der Waals surface area contributed by atoms with Crippen molar-refractivity contribution in [1.82, 2.24) is 4.90 Å². The summed E-state index contributed by atoms with van der Waals surface area (Å²) in [5.41, 5.74) is 1.64. The molecule has 7 rings (SSSR count). The van der Waals surface area contributed by atoms with Crippen LogP contribution in [0.3, 0.4) is 0 Å². The van der Waals surface area contributed by atoms with Crippen molar-refractivity contribution in [2.75, 3.05) is 11.4 Å². The minimum absolute atomic E-state index is 0.0538. The lowest BCUT2D eigenvalue weighted by atomic mass is 9.49. The van der Waals surface area contributed by atoms with Crippen molar-refractivity contribution in [3.05, 3.63) is 106 Å². The number of carbonyl (C=O) groups is 4. The molecule has 2 heterocycles. The SMILES string of the molecule is CCCN1C(=O)[C@H]2[C@H](CC=C3[C@H]2C[C@H]2C(=O)N(c4cccc(Cl)c4)C(=O)[C@@]2(c2ccccc2)[C@H]3c2cccc(C)c2O)C1=O. The minimum Gasteiger partial charge on any atom is -0.507 e. The van der Waals surface area contributed by atoms with Gasteiger partial charge < -0.3 is 5.11 Å². The summed E-state index contributed by atoms with van der Waals surface area (Å²) in [7, 11) is 0. The van der Waals surface area contributed by atoms with Gasteiger partial charge in [0.25, 0.3) is 0 Å². The summed E-state index contributed by atoms with van der Waals surface area (Å²) in [5.74, 6) is -4.27. The molecule has 0 bridgehead atoms. The van der Waals surface area contributed by atoms with Gasteiger partial charge in [-0.3, -0.25) is 24.1 Å². The van der Waals surface area contributed by atoms with E-state index in [1.54, 1.807) is 37.3 Å². The number of fused-ring (bicyclic) bond motifs is 4. The third kappa shape index (κ3) is 3.81. The van der Waals surface area contributed by atoms with Gasteiger partial charge in [-0.2, -0.15) is 0 Å². The molecule has 3 aromatic carbocycles. The number of likely N-dealkylation sites (tertiary alicyclic amines) is 1. The number of aryl methyl sites for hydroxylation is 1. The number of anilines is 1. The number of benzene rings is 3. The Bertz CT molecular complexity index is 1750. The second-order valence-electron chi connectivity index (χ2n) is 12.4. The Morgan fingerprint density at radius 1 is 0.909 bits per heavy atom. The highest BCUT2D eigenvalue weighted by atomic mass is 35.5. The second-order valence-corrected chi connectivity index (χ2v) is 12.9. The minimum atomic E-state index is -1.41. The highest BCUT2D eigenvalue weighted by molar-refractivity contribution is 6.32. The molecular weight excluding hydrogens is 576 g/mol. The molecular formula is C36H33ClN2O5. The first-order chi connectivity index (χ1) is 21.2. The zero-order chi connectivity index (χ0) is 30.9. The Hall–Kier alpha value is -4.23. The summed E-state index contributed by atoms with van der Waals surface area (Å²) in [6.45, 7) is 4.09. The zero-order valence-electron chi connectivity index (χ0n) is 24.6. The highest BCUT2D eigenvalue weighted by Crippen LogP contribution is 2.65. The van der Waals surface area contributed by atoms with Gasteiger partial charge in [0.2, 0.25) is 23.6 Å². The number of carbonyl (C=O) groups excluding carboxylic acids is 4. The summed E-state index contributed by atoms with van der Waals surface area (Å²) in [6.07, 6.45) is 3.26. The van der Waals surface area contributed by atoms with Crippen molar-refractivity contribution in [2.45, 2.75) is 44.4 Å². The molecule has 7 nitrogen and oxygen atoms in total. The van der Waals surface area contributed by atoms with Crippen LogP contribution in [0.15, 0.2) is 84.4 Å². The molecule has 2 aliphatic carbocycles. The van der Waals surface area contributed by atoms with Gasteiger partial charge in [0.05, 0.1) is 28.9 Å². The number of phenols is 1. The lowest BCUT2D eigenvalue weighted by Crippen LogP contribution is -2.53. The predicted molar refractivity (Wildman–Crippen MR) is 166 cm³/mol. The number of hydrogen-bond donors (Lipinski definition) is 1. The molecule has 1 saturated carbocycles. The van der Waals surface area contributed by atoms with Gasteiger partial charge in [-0.1, -0.05) is 84.8 Å². The van der Waals surface area contributed by atoms with Crippen molar-refractivity contribution >= 4 is 40.9 Å². The van der Waals surface area contributed by atoms with Crippen LogP contribution in [-0.4, -0.2) is 40.2 Å². The number of phenolic OH excluding ortho intramolecular Hbond substituents is 1. The molecule has 3 aromatic rings. The number of nitrogens with zero attached hydrogens (tertiary/aromatic N) is 2. The molecule has 4 amide bonds. The molecule has 44 heavy (non-hydrogen) atoms. The summed E-state index contributed by atoms with van der Waals surface area (Å²) < 4.78 is 0. The smallest absolute Gasteiger partial charge is 0.246 e. The van der Waals surface area contributed by atoms with Crippen LogP contribution in [0.1, 0.15) is 48.8 Å². The lowest BCUT2D eigenvalue weighted by Gasteiger charge is -2.50. The molecule has 0 unspecified atom stereocenters. The van der Waals surface area contributed by atoms with E-state index in [0.29, 0.717) is 46.8 Å². The average Bonchev–Trinajstić information content (AvgIpc) is 3.40. The molecule has 6 atom stereocenters. The van der Waals surface area contributed by atoms with Crippen LogP contribution < -0.4 is 4.90 Å². The Morgan fingerprint density at radius 3 is 2.39 bits per heavy atom. The topological polar surface area (TPSA) is 95.0 Å². The highest BCUT2D eigenvalue weighted by Gasteiger charge is 2.70. The molecule has 0 radical (unpaired) electrons. The Morgan fingerprint density at radius 2 is 1.66 bits per heavy atom. The number of aromatic hydroxyl groups is 1. The summed E-state index contributed by atoms with van der Waals surface area (Å²) >= 11 is 6.35. The summed E-state index contributed by atoms with van der Waals surface area (Å²) in [5, 5.41) is 12.0. The maximum Gasteiger partial charge on any atom is 0.246 e. The zero-order valence-corrected chi connectivity index (χ0v) is 25.3. The van der Waals surface area contributed by atoms with Gasteiger partial charge in [0, 0.05) is 23.0 Å². The molecule has 4 aliphatic rings. The average molecular weight is 609 g/mol. The fourth-order valence-corrected chi connectivity index (χ4v) is 8.70. The number of rotatable bonds is 5. The summed E-state index contributed by atoms with van der Waals surface area (Å²) in [6, 6.07) is 21.5. The van der Waals surface area contributed by atoms with Gasteiger partial charge in [-0.25, -0.2) is 4.90 Å². The molecule has 0 spiro atoms. The van der Waals surface area contributed by atoms with E-state index in [0.717, 1.165) is 5.57 Å². The first kappa shape index (κ1) is 28.5. The van der Waals surface area contributed by atoms with E-state index in [2.05, 4.69) is 0 Å². The van der Waals surface area contributed by atoms with Crippen molar-refractivity contribution in [1.29, 1.82) is 0 Å². The van der Waals surface area contributed by atoms with E-state index in [1.807, 2.05) is 55.5 Å². The Labute approximate surface area is 261 Å². The van der Waals surface area contributed by atoms with Gasteiger partial charge in [-0.05, 0) is 61.4 Å². The molecule has 2 saturated heterocycles. The van der Waals surface area contributed by atoms with Crippen molar-refractivity contribution in [2.24, 2.45) is 23.7 Å². The molecule has 0 aromatic heterocycles. The molecule has 224 valence electrons. The first-order valence-electron chi connectivity index (χ1n) is 15.2. The number of para-hydroxylation sites is 1. The molecule has 2 aliphatic heterocycles. The van der Waals surface area contributed by atoms with Crippen LogP contribution in [-0.2, 0) is 24.6 Å². The van der Waals surface area contributed by atoms with Crippen LogP contribution in [0, 0.1) is 30.6 Å². The standard InChI is InChI=1S/C36H33ClN2O5/c1-3-17-38-32(41)25-16-15-24-27(29(25)34(38)43)19-28-33(42)39(23-13-8-12-22(37)18-23)35(44)36(28,21-10-5-4-6-11-21)30(24)26-14-7-9-20(2)31(26)40/h4-15,18,25,27-30,40H,3,16-17,19H2,1-2H3/t25-,27+,28-,29-,30+,36+/m0/s1. The Kier molecular flexibility index (Phi) is 6.77. The number of amides is 4. The second kappa shape index (κ2) is 10.4. The van der Waals surface area contributed by atoms with Crippen molar-refractivity contribution in [3.8, 4) is 5.75 Å².